The van der Waals surface area contributed by atoms with Crippen LogP contribution in [0.3, 0.4) is 0 Å². The fourth-order valence-electron chi connectivity index (χ4n) is 1.17. The van der Waals surface area contributed by atoms with Crippen LogP contribution in [0.2, 0.25) is 0 Å². The largest absolute Gasteiger partial charge is 0.302 e. The summed E-state index contributed by atoms with van der Waals surface area (Å²) < 4.78 is 0. The average molecular weight is 187 g/mol. The molecular weight excluding hydrogens is 178 g/mol. The summed E-state index contributed by atoms with van der Waals surface area (Å²) in [6.45, 7) is 0. The van der Waals surface area contributed by atoms with E-state index in [4.69, 9.17) is 5.41 Å². The summed E-state index contributed by atoms with van der Waals surface area (Å²) in [5.41, 5.74) is 0.746. The van der Waals surface area contributed by atoms with Crippen molar-refractivity contribution < 1.29 is 9.59 Å². The van der Waals surface area contributed by atoms with Crippen LogP contribution >= 0.6 is 0 Å². The van der Waals surface area contributed by atoms with Gasteiger partial charge in [-0.25, -0.2) is 0 Å². The first-order valence-corrected chi connectivity index (χ1v) is 4.08. The number of rotatable bonds is 4. The molecule has 0 aromatic heterocycles. The Bertz CT molecular complexity index is 378. The molecule has 70 valence electrons. The van der Waals surface area contributed by atoms with E-state index in [1.54, 1.807) is 24.3 Å². The molecule has 0 bridgehead atoms. The van der Waals surface area contributed by atoms with E-state index in [9.17, 15) is 9.59 Å². The molecule has 1 atom stereocenters. The van der Waals surface area contributed by atoms with Crippen molar-refractivity contribution in [1.29, 1.82) is 5.41 Å². The van der Waals surface area contributed by atoms with E-state index in [0.29, 0.717) is 18.1 Å². The van der Waals surface area contributed by atoms with E-state index in [-0.39, 0.29) is 5.57 Å². The minimum absolute atomic E-state index is 0.0474. The number of nitrogens with one attached hydrogen (secondary N) is 1. The van der Waals surface area contributed by atoms with Crippen LogP contribution in [0.5, 0.6) is 0 Å². The molecule has 0 aliphatic rings. The number of benzene rings is 1. The molecule has 14 heavy (non-hydrogen) atoms. The van der Waals surface area contributed by atoms with Crippen LogP contribution in [0, 0.1) is 5.41 Å². The van der Waals surface area contributed by atoms with E-state index < -0.39 is 5.92 Å². The van der Waals surface area contributed by atoms with Gasteiger partial charge in [0.05, 0.1) is 11.5 Å². The Balaban J connectivity index is 3.11. The third-order valence-corrected chi connectivity index (χ3v) is 1.90. The van der Waals surface area contributed by atoms with Gasteiger partial charge in [-0.2, -0.15) is 0 Å². The van der Waals surface area contributed by atoms with Crippen LogP contribution in [0.25, 0.3) is 0 Å². The molecule has 0 aliphatic heterocycles. The van der Waals surface area contributed by atoms with Crippen molar-refractivity contribution in [3.8, 4) is 0 Å². The molecule has 0 heterocycles. The summed E-state index contributed by atoms with van der Waals surface area (Å²) in [7, 11) is 0. The second kappa shape index (κ2) is 4.90. The van der Waals surface area contributed by atoms with Gasteiger partial charge in [-0.3, -0.25) is 10.2 Å². The van der Waals surface area contributed by atoms with Crippen molar-refractivity contribution in [3.63, 3.8) is 0 Å². The highest BCUT2D eigenvalue weighted by Gasteiger charge is 2.14. The minimum Gasteiger partial charge on any atom is -0.302 e. The zero-order chi connectivity index (χ0) is 10.4. The van der Waals surface area contributed by atoms with Crippen molar-refractivity contribution in [2.75, 3.05) is 0 Å². The van der Waals surface area contributed by atoms with Crippen LogP contribution < -0.4 is 0 Å². The molecule has 1 aromatic carbocycles. The summed E-state index contributed by atoms with van der Waals surface area (Å²) in [5.74, 6) is 1.29. The summed E-state index contributed by atoms with van der Waals surface area (Å²) in [5, 5.41) is 6.87. The summed E-state index contributed by atoms with van der Waals surface area (Å²) in [4.78, 5) is 21.3. The third kappa shape index (κ3) is 2.03. The van der Waals surface area contributed by atoms with Gasteiger partial charge in [0, 0.05) is 0 Å². The maximum atomic E-state index is 10.8. The standard InChI is InChI=1S/C11H9NO2/c12-6-10(7-13)11(8-14)9-4-2-1-3-5-9/h1-5,7-8,11-12H. The summed E-state index contributed by atoms with van der Waals surface area (Å²) >= 11 is 0. The van der Waals surface area contributed by atoms with Crippen LogP contribution in [0.4, 0.5) is 0 Å². The van der Waals surface area contributed by atoms with Crippen molar-refractivity contribution >= 4 is 18.4 Å². The molecule has 1 aromatic rings. The quantitative estimate of drug-likeness (QED) is 0.439. The van der Waals surface area contributed by atoms with Gasteiger partial charge in [-0.1, -0.05) is 30.3 Å². The van der Waals surface area contributed by atoms with Gasteiger partial charge in [0.2, 0.25) is 0 Å². The van der Waals surface area contributed by atoms with Crippen LogP contribution in [0.1, 0.15) is 11.5 Å². The van der Waals surface area contributed by atoms with Crippen molar-refractivity contribution in [3.05, 3.63) is 41.5 Å². The fourth-order valence-corrected chi connectivity index (χ4v) is 1.17. The molecule has 0 aliphatic carbocycles. The number of hydrogen-bond acceptors (Lipinski definition) is 3. The molecule has 0 saturated heterocycles. The SMILES string of the molecule is N=C=C(C=O)C(C=O)c1ccccc1. The predicted octanol–water partition coefficient (Wildman–Crippen LogP) is 1.34. The lowest BCUT2D eigenvalue weighted by Gasteiger charge is -2.06. The molecule has 0 fully saturated rings. The molecule has 1 N–H and O–H groups in total. The zero-order valence-corrected chi connectivity index (χ0v) is 7.44. The number of allylic oxidation sites excluding steroid dienone is 1. The number of carbonyl (C=O) groups is 2. The molecule has 0 amide bonds. The van der Waals surface area contributed by atoms with Crippen LogP contribution in [-0.2, 0) is 9.59 Å². The molecular formula is C11H9NO2. The van der Waals surface area contributed by atoms with E-state index in [0.717, 1.165) is 0 Å². The van der Waals surface area contributed by atoms with Crippen LogP contribution in [0.15, 0.2) is 35.9 Å². The number of carbonyl (C=O) groups excluding carboxylic acids is 2. The monoisotopic (exact) mass is 187 g/mol. The highest BCUT2D eigenvalue weighted by molar-refractivity contribution is 5.94. The predicted molar refractivity (Wildman–Crippen MR) is 52.6 cm³/mol. The Hall–Kier alpha value is -1.99. The highest BCUT2D eigenvalue weighted by Crippen LogP contribution is 2.18. The second-order valence-electron chi connectivity index (χ2n) is 2.72. The lowest BCUT2D eigenvalue weighted by molar-refractivity contribution is -0.110. The Morgan fingerprint density at radius 1 is 1.29 bits per heavy atom. The first-order chi connectivity index (χ1) is 6.83. The van der Waals surface area contributed by atoms with E-state index in [1.165, 1.54) is 0 Å². The Morgan fingerprint density at radius 3 is 2.36 bits per heavy atom. The molecule has 3 nitrogen and oxygen atoms in total. The maximum Gasteiger partial charge on any atom is 0.156 e. The molecule has 0 saturated carbocycles. The topological polar surface area (TPSA) is 58.0 Å². The smallest absolute Gasteiger partial charge is 0.156 e. The average Bonchev–Trinajstić information content (AvgIpc) is 2.27. The van der Waals surface area contributed by atoms with Gasteiger partial charge in [0.15, 0.2) is 6.29 Å². The lowest BCUT2D eigenvalue weighted by Crippen LogP contribution is -2.05. The van der Waals surface area contributed by atoms with Crippen molar-refractivity contribution in [2.24, 2.45) is 0 Å². The Morgan fingerprint density at radius 2 is 1.93 bits per heavy atom. The van der Waals surface area contributed by atoms with E-state index >= 15 is 0 Å². The van der Waals surface area contributed by atoms with Gasteiger partial charge in [0.1, 0.15) is 6.29 Å². The molecule has 3 heteroatoms. The van der Waals surface area contributed by atoms with Crippen molar-refractivity contribution in [1.82, 2.24) is 0 Å². The van der Waals surface area contributed by atoms with Gasteiger partial charge >= 0.3 is 0 Å². The molecule has 0 radical (unpaired) electrons. The normalized spacial score (nSPS) is 11.1. The lowest BCUT2D eigenvalue weighted by atomic mass is 9.94. The van der Waals surface area contributed by atoms with Gasteiger partial charge < -0.3 is 4.79 Å². The van der Waals surface area contributed by atoms with Crippen LogP contribution in [-0.4, -0.2) is 18.4 Å². The maximum absolute atomic E-state index is 10.8. The van der Waals surface area contributed by atoms with Gasteiger partial charge in [-0.05, 0) is 11.4 Å². The highest BCUT2D eigenvalue weighted by atomic mass is 16.1. The second-order valence-corrected chi connectivity index (χ2v) is 2.72. The third-order valence-electron chi connectivity index (χ3n) is 1.90. The molecule has 1 rings (SSSR count). The van der Waals surface area contributed by atoms with Gasteiger partial charge in [-0.15, -0.1) is 0 Å². The molecule has 0 spiro atoms. The first-order valence-electron chi connectivity index (χ1n) is 4.08. The number of hydrogen-bond donors (Lipinski definition) is 1. The zero-order valence-electron chi connectivity index (χ0n) is 7.44. The minimum atomic E-state index is -0.675. The first kappa shape index (κ1) is 10.1. The molecule has 1 unspecified atom stereocenters. The van der Waals surface area contributed by atoms with E-state index in [2.05, 4.69) is 0 Å². The Kier molecular flexibility index (Phi) is 3.53. The Labute approximate surface area is 81.6 Å². The fraction of sp³-hybridized carbons (Fsp3) is 0.0909. The summed E-state index contributed by atoms with van der Waals surface area (Å²) in [6, 6.07) is 8.84. The number of aldehydes is 2. The van der Waals surface area contributed by atoms with Gasteiger partial charge in [0.25, 0.3) is 0 Å². The van der Waals surface area contributed by atoms with Crippen molar-refractivity contribution in [2.45, 2.75) is 5.92 Å². The van der Waals surface area contributed by atoms with E-state index in [1.807, 2.05) is 11.9 Å². The summed E-state index contributed by atoms with van der Waals surface area (Å²) in [6.07, 6.45) is 1.12.